The lowest BCUT2D eigenvalue weighted by molar-refractivity contribution is -0.128. The highest BCUT2D eigenvalue weighted by molar-refractivity contribution is 8.00. The number of nitrogens with zero attached hydrogens (tertiary/aromatic N) is 1. The molecule has 1 N–H and O–H groups in total. The van der Waals surface area contributed by atoms with E-state index in [4.69, 9.17) is 9.47 Å². The summed E-state index contributed by atoms with van der Waals surface area (Å²) < 4.78 is 10.9. The number of para-hydroxylation sites is 1. The minimum Gasteiger partial charge on any atom is -0.504 e. The summed E-state index contributed by atoms with van der Waals surface area (Å²) in [6, 6.07) is 13.2. The van der Waals surface area contributed by atoms with Gasteiger partial charge in [0.1, 0.15) is 11.1 Å². The number of ether oxygens (including phenoxy) is 2. The molecule has 138 valence electrons. The average Bonchev–Trinajstić information content (AvgIpc) is 3.02. The number of aromatic hydroxyl groups is 1. The molecule has 1 unspecified atom stereocenters. The minimum atomic E-state index is -0.0377. The molecule has 26 heavy (non-hydrogen) atoms. The molecule has 1 atom stereocenters. The zero-order valence-electron chi connectivity index (χ0n) is 15.0. The van der Waals surface area contributed by atoms with Crippen LogP contribution in [0.3, 0.4) is 0 Å². The topological polar surface area (TPSA) is 59.0 Å². The van der Waals surface area contributed by atoms with E-state index in [2.05, 4.69) is 0 Å². The van der Waals surface area contributed by atoms with Gasteiger partial charge < -0.3 is 19.5 Å². The number of hydrogen-bond acceptors (Lipinski definition) is 5. The first-order valence-corrected chi connectivity index (χ1v) is 9.67. The highest BCUT2D eigenvalue weighted by atomic mass is 32.2. The van der Waals surface area contributed by atoms with Crippen LogP contribution in [0.1, 0.15) is 23.4 Å². The third kappa shape index (κ3) is 3.90. The summed E-state index contributed by atoms with van der Waals surface area (Å²) in [6.45, 7) is 3.15. The van der Waals surface area contributed by atoms with Gasteiger partial charge in [-0.1, -0.05) is 24.3 Å². The second-order valence-electron chi connectivity index (χ2n) is 5.98. The zero-order chi connectivity index (χ0) is 18.5. The van der Waals surface area contributed by atoms with Crippen LogP contribution in [0.4, 0.5) is 0 Å². The molecule has 5 nitrogen and oxygen atoms in total. The van der Waals surface area contributed by atoms with Gasteiger partial charge >= 0.3 is 0 Å². The lowest BCUT2D eigenvalue weighted by Gasteiger charge is -2.26. The highest BCUT2D eigenvalue weighted by Gasteiger charge is 2.34. The van der Waals surface area contributed by atoms with Crippen LogP contribution in [0, 0.1) is 0 Å². The summed E-state index contributed by atoms with van der Waals surface area (Å²) in [5.41, 5.74) is 2.05. The lowest BCUT2D eigenvalue weighted by Crippen LogP contribution is -2.30. The molecule has 1 amide bonds. The van der Waals surface area contributed by atoms with Crippen LogP contribution >= 0.6 is 11.8 Å². The van der Waals surface area contributed by atoms with Crippen molar-refractivity contribution in [1.82, 2.24) is 4.90 Å². The van der Waals surface area contributed by atoms with Crippen molar-refractivity contribution in [3.8, 4) is 17.2 Å². The van der Waals surface area contributed by atoms with Gasteiger partial charge in [-0.3, -0.25) is 4.79 Å². The van der Waals surface area contributed by atoms with Crippen LogP contribution in [0.5, 0.6) is 17.2 Å². The Kier molecular flexibility index (Phi) is 5.93. The second-order valence-corrected chi connectivity index (χ2v) is 7.05. The van der Waals surface area contributed by atoms with Gasteiger partial charge in [-0.15, -0.1) is 11.8 Å². The van der Waals surface area contributed by atoms with E-state index in [1.165, 1.54) is 7.11 Å². The van der Waals surface area contributed by atoms with Gasteiger partial charge in [0, 0.05) is 12.1 Å². The number of methoxy groups -OCH3 is 1. The van der Waals surface area contributed by atoms with Crippen LogP contribution < -0.4 is 9.47 Å². The summed E-state index contributed by atoms with van der Waals surface area (Å²) >= 11 is 1.63. The Morgan fingerprint density at radius 1 is 1.23 bits per heavy atom. The molecule has 1 fully saturated rings. The molecule has 0 aromatic heterocycles. The summed E-state index contributed by atoms with van der Waals surface area (Å²) in [5, 5.41) is 9.68. The molecule has 0 spiro atoms. The Labute approximate surface area is 157 Å². The smallest absolute Gasteiger partial charge is 0.233 e. The molecule has 6 heteroatoms. The van der Waals surface area contributed by atoms with E-state index in [9.17, 15) is 9.90 Å². The molecule has 2 aromatic rings. The first-order valence-electron chi connectivity index (χ1n) is 8.62. The molecule has 1 saturated heterocycles. The van der Waals surface area contributed by atoms with Crippen LogP contribution in [0.25, 0.3) is 0 Å². The molecule has 0 aliphatic carbocycles. The van der Waals surface area contributed by atoms with Crippen LogP contribution in [-0.4, -0.2) is 41.9 Å². The van der Waals surface area contributed by atoms with Crippen molar-refractivity contribution in [3.05, 3.63) is 53.6 Å². The molecule has 1 aliphatic heterocycles. The fourth-order valence-electron chi connectivity index (χ4n) is 3.05. The van der Waals surface area contributed by atoms with E-state index >= 15 is 0 Å². The van der Waals surface area contributed by atoms with Crippen molar-refractivity contribution in [2.24, 2.45) is 0 Å². The zero-order valence-corrected chi connectivity index (χ0v) is 15.8. The molecule has 3 rings (SSSR count). The molecule has 1 heterocycles. The van der Waals surface area contributed by atoms with Gasteiger partial charge in [-0.05, 0) is 37.1 Å². The Morgan fingerprint density at radius 2 is 2.04 bits per heavy atom. The van der Waals surface area contributed by atoms with Gasteiger partial charge in [0.2, 0.25) is 5.91 Å². The van der Waals surface area contributed by atoms with E-state index in [1.54, 1.807) is 17.8 Å². The number of phenolic OH excluding ortho intramolecular Hbond substituents is 1. The number of phenols is 1. The van der Waals surface area contributed by atoms with Crippen molar-refractivity contribution in [1.29, 1.82) is 0 Å². The fourth-order valence-corrected chi connectivity index (χ4v) is 4.30. The van der Waals surface area contributed by atoms with Crippen molar-refractivity contribution in [2.45, 2.75) is 18.7 Å². The van der Waals surface area contributed by atoms with Crippen LogP contribution in [-0.2, 0) is 11.2 Å². The summed E-state index contributed by atoms with van der Waals surface area (Å²) in [6.07, 6.45) is 0.691. The Bertz CT molecular complexity index is 780. The summed E-state index contributed by atoms with van der Waals surface area (Å²) in [7, 11) is 1.53. The number of carbonyl (C=O) groups is 1. The maximum atomic E-state index is 12.4. The van der Waals surface area contributed by atoms with Gasteiger partial charge in [0.15, 0.2) is 11.5 Å². The normalized spacial score (nSPS) is 16.8. The van der Waals surface area contributed by atoms with Gasteiger partial charge in [-0.2, -0.15) is 0 Å². The highest BCUT2D eigenvalue weighted by Crippen LogP contribution is 2.42. The van der Waals surface area contributed by atoms with Crippen LogP contribution in [0.15, 0.2) is 42.5 Å². The van der Waals surface area contributed by atoms with E-state index in [0.29, 0.717) is 31.1 Å². The molecular formula is C20H23NO4S. The van der Waals surface area contributed by atoms with Crippen molar-refractivity contribution in [3.63, 3.8) is 0 Å². The summed E-state index contributed by atoms with van der Waals surface area (Å²) in [5.74, 6) is 2.01. The Morgan fingerprint density at radius 3 is 2.81 bits per heavy atom. The maximum Gasteiger partial charge on any atom is 0.233 e. The summed E-state index contributed by atoms with van der Waals surface area (Å²) in [4.78, 5) is 14.3. The molecule has 0 bridgehead atoms. The molecular weight excluding hydrogens is 350 g/mol. The number of rotatable bonds is 7. The molecule has 2 aromatic carbocycles. The van der Waals surface area contributed by atoms with Crippen molar-refractivity contribution >= 4 is 17.7 Å². The lowest BCUT2D eigenvalue weighted by atomic mass is 10.1. The second kappa shape index (κ2) is 8.36. The van der Waals surface area contributed by atoms with Gasteiger partial charge in [-0.25, -0.2) is 0 Å². The van der Waals surface area contributed by atoms with Crippen LogP contribution in [0.2, 0.25) is 0 Å². The number of benzene rings is 2. The predicted octanol–water partition coefficient (Wildman–Crippen LogP) is 3.62. The number of thioether (sulfide) groups is 1. The van der Waals surface area contributed by atoms with Gasteiger partial charge in [0.25, 0.3) is 0 Å². The van der Waals surface area contributed by atoms with Crippen molar-refractivity contribution < 1.29 is 19.4 Å². The quantitative estimate of drug-likeness (QED) is 0.803. The molecule has 0 radical (unpaired) electrons. The monoisotopic (exact) mass is 373 g/mol. The number of amides is 1. The van der Waals surface area contributed by atoms with Gasteiger partial charge in [0.05, 0.1) is 19.5 Å². The van der Waals surface area contributed by atoms with E-state index < -0.39 is 0 Å². The standard InChI is InChI=1S/C20H23NO4S/c1-3-25-17-7-5-4-6-15(17)20-21(19(23)13-26-20)11-10-14-8-9-16(22)18(12-14)24-2/h4-9,12,20,22H,3,10-11,13H2,1-2H3. The SMILES string of the molecule is CCOc1ccccc1C1SCC(=O)N1CCc1ccc(O)c(OC)c1. The average molecular weight is 373 g/mol. The maximum absolute atomic E-state index is 12.4. The van der Waals surface area contributed by atoms with E-state index in [-0.39, 0.29) is 17.0 Å². The number of hydrogen-bond donors (Lipinski definition) is 1. The van der Waals surface area contributed by atoms with Crippen molar-refractivity contribution in [2.75, 3.05) is 26.0 Å². The van der Waals surface area contributed by atoms with E-state index in [1.807, 2.05) is 48.2 Å². The Balaban J connectivity index is 1.77. The third-order valence-corrected chi connectivity index (χ3v) is 5.58. The predicted molar refractivity (Wildman–Crippen MR) is 103 cm³/mol. The first-order chi connectivity index (χ1) is 12.6. The molecule has 0 saturated carbocycles. The minimum absolute atomic E-state index is 0.0377. The first kappa shape index (κ1) is 18.5. The molecule has 1 aliphatic rings. The largest absolute Gasteiger partial charge is 0.504 e. The fraction of sp³-hybridized carbons (Fsp3) is 0.350. The third-order valence-electron chi connectivity index (χ3n) is 4.34. The Hall–Kier alpha value is -2.34. The number of carbonyl (C=O) groups excluding carboxylic acids is 1. The van der Waals surface area contributed by atoms with E-state index in [0.717, 1.165) is 16.9 Å².